The lowest BCUT2D eigenvalue weighted by Gasteiger charge is -2.22. The second kappa shape index (κ2) is 10.8. The summed E-state index contributed by atoms with van der Waals surface area (Å²) < 4.78 is 5.51. The maximum Gasteiger partial charge on any atom is 0.189 e. The molecule has 5 nitrogen and oxygen atoms in total. The predicted molar refractivity (Wildman–Crippen MR) is 112 cm³/mol. The molecule has 0 aliphatic rings. The van der Waals surface area contributed by atoms with Crippen LogP contribution in [-0.2, 0) is 6.54 Å². The highest BCUT2D eigenvalue weighted by Crippen LogP contribution is 2.26. The molecule has 0 amide bonds. The molecule has 142 valence electrons. The Morgan fingerprint density at radius 2 is 1.88 bits per heavy atom. The van der Waals surface area contributed by atoms with Gasteiger partial charge in [0, 0.05) is 54.4 Å². The van der Waals surface area contributed by atoms with Gasteiger partial charge in [-0.05, 0) is 31.4 Å². The van der Waals surface area contributed by atoms with Crippen LogP contribution in [0.1, 0.15) is 11.3 Å². The number of methoxy groups -OCH3 is 1. The molecule has 2 rings (SSSR count). The molecule has 0 atom stereocenters. The number of ether oxygens (including phenoxy) is 1. The second-order valence-corrected chi connectivity index (χ2v) is 7.22. The van der Waals surface area contributed by atoms with E-state index in [1.807, 2.05) is 31.4 Å². The third kappa shape index (κ3) is 6.20. The largest absolute Gasteiger partial charge is 0.496 e. The number of hydrogen-bond donors (Lipinski definition) is 1. The molecule has 0 aliphatic heterocycles. The van der Waals surface area contributed by atoms with Crippen molar-refractivity contribution in [3.8, 4) is 5.75 Å². The average Bonchev–Trinajstić information content (AvgIpc) is 2.62. The number of aromatic nitrogens is 2. The van der Waals surface area contributed by atoms with Crippen LogP contribution in [0.5, 0.6) is 5.75 Å². The van der Waals surface area contributed by atoms with Gasteiger partial charge in [-0.25, -0.2) is 9.97 Å². The van der Waals surface area contributed by atoms with Gasteiger partial charge in [-0.3, -0.25) is 4.90 Å². The molecule has 26 heavy (non-hydrogen) atoms. The summed E-state index contributed by atoms with van der Waals surface area (Å²) in [6, 6.07) is 7.94. The first kappa shape index (κ1) is 21.1. The van der Waals surface area contributed by atoms with E-state index in [0.717, 1.165) is 53.3 Å². The monoisotopic (exact) mass is 414 g/mol. The molecule has 0 radical (unpaired) electrons. The molecule has 1 heterocycles. The molecule has 1 aromatic heterocycles. The van der Waals surface area contributed by atoms with Crippen molar-refractivity contribution in [1.29, 1.82) is 0 Å². The maximum absolute atomic E-state index is 5.91. The predicted octanol–water partition coefficient (Wildman–Crippen LogP) is 4.54. The summed E-state index contributed by atoms with van der Waals surface area (Å²) in [6.45, 7) is 4.23. The van der Waals surface area contributed by atoms with Gasteiger partial charge in [-0.2, -0.15) is 0 Å². The maximum atomic E-state index is 5.91. The summed E-state index contributed by atoms with van der Waals surface area (Å²) in [5.41, 5.74) is 2.95. The molecule has 0 unspecified atom stereocenters. The number of halogens is 2. The Morgan fingerprint density at radius 3 is 2.50 bits per heavy atom. The molecule has 0 aliphatic carbocycles. The molecular formula is C18H24Cl2N4OS. The zero-order valence-electron chi connectivity index (χ0n) is 15.3. The summed E-state index contributed by atoms with van der Waals surface area (Å²) in [6.07, 6.45) is 1.96. The summed E-state index contributed by atoms with van der Waals surface area (Å²) >= 11 is 13.3. The standard InChI is InChI=1S/C18H24Cl2N4OS/c1-13-10-17(23-18(21-13)26-3)22-15-4-5-16(25-2)14(11-15)12-24(8-6-19)9-7-20/h4-5,10-11H,6-9,12H2,1-3H3,(H,21,22,23). The number of aryl methyl sites for hydroxylation is 1. The van der Waals surface area contributed by atoms with E-state index in [9.17, 15) is 0 Å². The Balaban J connectivity index is 2.24. The Kier molecular flexibility index (Phi) is 8.78. The van der Waals surface area contributed by atoms with Crippen LogP contribution < -0.4 is 10.1 Å². The van der Waals surface area contributed by atoms with E-state index in [1.54, 1.807) is 7.11 Å². The highest BCUT2D eigenvalue weighted by Gasteiger charge is 2.11. The van der Waals surface area contributed by atoms with Gasteiger partial charge in [0.2, 0.25) is 0 Å². The Hall–Kier alpha value is -1.21. The molecule has 0 saturated heterocycles. The van der Waals surface area contributed by atoms with Crippen molar-refractivity contribution in [2.45, 2.75) is 18.6 Å². The minimum atomic E-state index is 0.564. The zero-order chi connectivity index (χ0) is 18.9. The number of nitrogens with zero attached hydrogens (tertiary/aromatic N) is 3. The van der Waals surface area contributed by atoms with Gasteiger partial charge in [-0.15, -0.1) is 23.2 Å². The van der Waals surface area contributed by atoms with Gasteiger partial charge in [0.1, 0.15) is 11.6 Å². The molecule has 1 aromatic carbocycles. The zero-order valence-corrected chi connectivity index (χ0v) is 17.6. The first-order valence-corrected chi connectivity index (χ1v) is 10.6. The van der Waals surface area contributed by atoms with Gasteiger partial charge < -0.3 is 10.1 Å². The van der Waals surface area contributed by atoms with E-state index in [2.05, 4.69) is 26.3 Å². The molecular weight excluding hydrogens is 391 g/mol. The van der Waals surface area contributed by atoms with Gasteiger partial charge in [0.05, 0.1) is 7.11 Å². The molecule has 1 N–H and O–H groups in total. The van der Waals surface area contributed by atoms with Crippen LogP contribution in [-0.4, -0.2) is 53.1 Å². The first-order chi connectivity index (χ1) is 12.6. The summed E-state index contributed by atoms with van der Waals surface area (Å²) in [5, 5.41) is 4.10. The minimum absolute atomic E-state index is 0.564. The van der Waals surface area contributed by atoms with Crippen LogP contribution in [0.2, 0.25) is 0 Å². The van der Waals surface area contributed by atoms with Crippen LogP contribution in [0.25, 0.3) is 0 Å². The molecule has 0 spiro atoms. The van der Waals surface area contributed by atoms with Crippen molar-refractivity contribution in [1.82, 2.24) is 14.9 Å². The lowest BCUT2D eigenvalue weighted by Crippen LogP contribution is -2.27. The molecule has 0 bridgehead atoms. The normalized spacial score (nSPS) is 11.0. The number of rotatable bonds is 10. The summed E-state index contributed by atoms with van der Waals surface area (Å²) in [7, 11) is 1.68. The molecule has 2 aromatic rings. The van der Waals surface area contributed by atoms with E-state index < -0.39 is 0 Å². The van der Waals surface area contributed by atoms with Gasteiger partial charge in [0.15, 0.2) is 5.16 Å². The molecule has 0 fully saturated rings. The quantitative estimate of drug-likeness (QED) is 0.349. The van der Waals surface area contributed by atoms with Gasteiger partial charge in [-0.1, -0.05) is 11.8 Å². The lowest BCUT2D eigenvalue weighted by molar-refractivity contribution is 0.292. The average molecular weight is 415 g/mol. The number of hydrogen-bond acceptors (Lipinski definition) is 6. The van der Waals surface area contributed by atoms with Crippen molar-refractivity contribution in [2.24, 2.45) is 0 Å². The van der Waals surface area contributed by atoms with Crippen molar-refractivity contribution in [3.63, 3.8) is 0 Å². The topological polar surface area (TPSA) is 50.3 Å². The molecule has 0 saturated carbocycles. The number of nitrogens with one attached hydrogen (secondary N) is 1. The Morgan fingerprint density at radius 1 is 1.15 bits per heavy atom. The van der Waals surface area contributed by atoms with Crippen molar-refractivity contribution in [2.75, 3.05) is 43.5 Å². The van der Waals surface area contributed by atoms with E-state index in [-0.39, 0.29) is 0 Å². The SMILES string of the molecule is COc1ccc(Nc2cc(C)nc(SC)n2)cc1CN(CCCl)CCCl. The summed E-state index contributed by atoms with van der Waals surface area (Å²) in [4.78, 5) is 11.1. The van der Waals surface area contributed by atoms with Gasteiger partial charge >= 0.3 is 0 Å². The van der Waals surface area contributed by atoms with Crippen LogP contribution in [0.3, 0.4) is 0 Å². The smallest absolute Gasteiger partial charge is 0.189 e. The molecule has 8 heteroatoms. The van der Waals surface area contributed by atoms with E-state index >= 15 is 0 Å². The van der Waals surface area contributed by atoms with E-state index in [1.165, 1.54) is 11.8 Å². The van der Waals surface area contributed by atoms with Crippen molar-refractivity contribution >= 4 is 46.5 Å². The second-order valence-electron chi connectivity index (χ2n) is 5.69. The number of anilines is 2. The number of thioether (sulfide) groups is 1. The highest BCUT2D eigenvalue weighted by atomic mass is 35.5. The fourth-order valence-electron chi connectivity index (χ4n) is 2.57. The van der Waals surface area contributed by atoms with E-state index in [4.69, 9.17) is 27.9 Å². The van der Waals surface area contributed by atoms with Crippen molar-refractivity contribution < 1.29 is 4.74 Å². The lowest BCUT2D eigenvalue weighted by atomic mass is 10.1. The fourth-order valence-corrected chi connectivity index (χ4v) is 3.48. The third-order valence-corrected chi connectivity index (χ3v) is 4.65. The number of alkyl halides is 2. The Labute approximate surface area is 169 Å². The van der Waals surface area contributed by atoms with Crippen LogP contribution in [0, 0.1) is 6.92 Å². The third-order valence-electron chi connectivity index (χ3n) is 3.76. The Bertz CT molecular complexity index is 712. The minimum Gasteiger partial charge on any atom is -0.496 e. The van der Waals surface area contributed by atoms with Crippen LogP contribution in [0.15, 0.2) is 29.4 Å². The first-order valence-electron chi connectivity index (χ1n) is 8.27. The number of benzene rings is 1. The van der Waals surface area contributed by atoms with E-state index in [0.29, 0.717) is 11.8 Å². The van der Waals surface area contributed by atoms with Crippen molar-refractivity contribution in [3.05, 3.63) is 35.5 Å². The van der Waals surface area contributed by atoms with Gasteiger partial charge in [0.25, 0.3) is 0 Å². The van der Waals surface area contributed by atoms with Crippen LogP contribution >= 0.6 is 35.0 Å². The van der Waals surface area contributed by atoms with Crippen LogP contribution in [0.4, 0.5) is 11.5 Å². The summed E-state index contributed by atoms with van der Waals surface area (Å²) in [5.74, 6) is 2.74. The highest BCUT2D eigenvalue weighted by molar-refractivity contribution is 7.98. The fraction of sp³-hybridized carbons (Fsp3) is 0.444.